The van der Waals surface area contributed by atoms with Crippen LogP contribution < -0.4 is 19.3 Å². The zero-order valence-electron chi connectivity index (χ0n) is 21.0. The van der Waals surface area contributed by atoms with Gasteiger partial charge in [0.15, 0.2) is 0 Å². The fourth-order valence-electron chi connectivity index (χ4n) is 4.32. The molecular formula is C28H33N3O4S. The predicted molar refractivity (Wildman–Crippen MR) is 143 cm³/mol. The summed E-state index contributed by atoms with van der Waals surface area (Å²) in [6.07, 6.45) is 2.43. The zero-order valence-corrected chi connectivity index (χ0v) is 21.8. The molecule has 0 unspecified atom stereocenters. The highest BCUT2D eigenvalue weighted by Gasteiger charge is 2.29. The van der Waals surface area contributed by atoms with E-state index in [1.165, 1.54) is 25.6 Å². The number of hydrogen-bond acceptors (Lipinski definition) is 5. The van der Waals surface area contributed by atoms with Crippen LogP contribution in [0.15, 0.2) is 71.6 Å². The number of ether oxygens (including phenoxy) is 1. The van der Waals surface area contributed by atoms with Gasteiger partial charge in [-0.15, -0.1) is 0 Å². The molecule has 190 valence electrons. The minimum absolute atomic E-state index is 0.113. The molecule has 3 aromatic carbocycles. The molecule has 0 bridgehead atoms. The van der Waals surface area contributed by atoms with Gasteiger partial charge in [-0.05, 0) is 74.2 Å². The Bertz CT molecular complexity index is 1300. The van der Waals surface area contributed by atoms with Gasteiger partial charge in [0.05, 0.1) is 17.7 Å². The molecule has 0 saturated carbocycles. The van der Waals surface area contributed by atoms with E-state index in [9.17, 15) is 13.2 Å². The van der Waals surface area contributed by atoms with E-state index in [4.69, 9.17) is 4.74 Å². The lowest BCUT2D eigenvalue weighted by atomic mass is 10.2. The van der Waals surface area contributed by atoms with Crippen molar-refractivity contribution in [1.29, 1.82) is 0 Å². The predicted octanol–water partition coefficient (Wildman–Crippen LogP) is 4.42. The Morgan fingerprint density at radius 2 is 1.58 bits per heavy atom. The van der Waals surface area contributed by atoms with Crippen molar-refractivity contribution in [3.05, 3.63) is 83.4 Å². The van der Waals surface area contributed by atoms with Crippen LogP contribution in [0.1, 0.15) is 29.5 Å². The summed E-state index contributed by atoms with van der Waals surface area (Å²) < 4.78 is 33.9. The number of benzene rings is 3. The first kappa shape index (κ1) is 25.6. The smallest absolute Gasteiger partial charge is 0.264 e. The lowest BCUT2D eigenvalue weighted by Gasteiger charge is -2.26. The second-order valence-electron chi connectivity index (χ2n) is 9.14. The monoisotopic (exact) mass is 507 g/mol. The van der Waals surface area contributed by atoms with Gasteiger partial charge in [0.25, 0.3) is 10.0 Å². The van der Waals surface area contributed by atoms with E-state index in [0.29, 0.717) is 18.0 Å². The van der Waals surface area contributed by atoms with Crippen molar-refractivity contribution in [2.75, 3.05) is 35.9 Å². The molecule has 1 amide bonds. The number of carbonyl (C=O) groups excluding carboxylic acids is 1. The van der Waals surface area contributed by atoms with Gasteiger partial charge in [0.1, 0.15) is 12.3 Å². The van der Waals surface area contributed by atoms with Crippen molar-refractivity contribution in [3.8, 4) is 5.75 Å². The number of rotatable bonds is 9. The summed E-state index contributed by atoms with van der Waals surface area (Å²) in [4.78, 5) is 15.5. The molecule has 8 heteroatoms. The van der Waals surface area contributed by atoms with Crippen LogP contribution in [0.2, 0.25) is 0 Å². The van der Waals surface area contributed by atoms with Crippen molar-refractivity contribution in [3.63, 3.8) is 0 Å². The fraction of sp³-hybridized carbons (Fsp3) is 0.321. The second kappa shape index (κ2) is 11.0. The molecule has 0 radical (unpaired) electrons. The zero-order chi connectivity index (χ0) is 25.7. The Balaban J connectivity index is 1.54. The normalized spacial score (nSPS) is 13.5. The summed E-state index contributed by atoms with van der Waals surface area (Å²) in [5, 5.41) is 2.87. The molecule has 1 N–H and O–H groups in total. The molecule has 7 nitrogen and oxygen atoms in total. The van der Waals surface area contributed by atoms with E-state index < -0.39 is 15.9 Å². The molecule has 1 saturated heterocycles. The molecular weight excluding hydrogens is 474 g/mol. The summed E-state index contributed by atoms with van der Waals surface area (Å²) in [5.74, 6) is -0.0283. The van der Waals surface area contributed by atoms with Crippen LogP contribution in [0.25, 0.3) is 0 Å². The molecule has 0 atom stereocenters. The van der Waals surface area contributed by atoms with E-state index >= 15 is 0 Å². The second-order valence-corrected chi connectivity index (χ2v) is 11.0. The third kappa shape index (κ3) is 5.82. The Hall–Kier alpha value is -3.52. The van der Waals surface area contributed by atoms with E-state index in [2.05, 4.69) is 22.3 Å². The number of carbonyl (C=O) groups is 1. The Morgan fingerprint density at radius 1 is 0.944 bits per heavy atom. The van der Waals surface area contributed by atoms with Gasteiger partial charge in [-0.1, -0.05) is 35.9 Å². The molecule has 0 aromatic heterocycles. The van der Waals surface area contributed by atoms with Crippen LogP contribution in [-0.2, 0) is 21.4 Å². The number of nitrogens with one attached hydrogen (secondary N) is 1. The van der Waals surface area contributed by atoms with E-state index in [1.54, 1.807) is 36.4 Å². The van der Waals surface area contributed by atoms with Crippen LogP contribution in [0.4, 0.5) is 11.4 Å². The third-order valence-corrected chi connectivity index (χ3v) is 8.17. The quantitative estimate of drug-likeness (QED) is 0.464. The van der Waals surface area contributed by atoms with E-state index in [-0.39, 0.29) is 11.4 Å². The topological polar surface area (TPSA) is 79.0 Å². The summed E-state index contributed by atoms with van der Waals surface area (Å²) in [6.45, 7) is 5.84. The highest BCUT2D eigenvalue weighted by atomic mass is 32.2. The Kier molecular flexibility index (Phi) is 7.84. The van der Waals surface area contributed by atoms with Gasteiger partial charge in [-0.25, -0.2) is 8.42 Å². The van der Waals surface area contributed by atoms with Gasteiger partial charge >= 0.3 is 0 Å². The number of anilines is 2. The summed E-state index contributed by atoms with van der Waals surface area (Å²) >= 11 is 0. The van der Waals surface area contributed by atoms with Crippen LogP contribution >= 0.6 is 0 Å². The average molecular weight is 508 g/mol. The lowest BCUT2D eigenvalue weighted by Crippen LogP contribution is -2.41. The van der Waals surface area contributed by atoms with Crippen molar-refractivity contribution >= 4 is 27.3 Å². The first-order valence-corrected chi connectivity index (χ1v) is 13.6. The maximum absolute atomic E-state index is 13.7. The number of methoxy groups -OCH3 is 1. The van der Waals surface area contributed by atoms with Gasteiger partial charge in [-0.3, -0.25) is 9.10 Å². The minimum atomic E-state index is -4.03. The Morgan fingerprint density at radius 3 is 2.22 bits per heavy atom. The molecule has 1 aliphatic rings. The first-order chi connectivity index (χ1) is 17.3. The van der Waals surface area contributed by atoms with E-state index in [1.807, 2.05) is 32.0 Å². The Labute approximate surface area is 213 Å². The third-order valence-electron chi connectivity index (χ3n) is 6.40. The molecule has 1 fully saturated rings. The van der Waals surface area contributed by atoms with Gasteiger partial charge in [0, 0.05) is 25.3 Å². The number of aryl methyl sites for hydroxylation is 2. The van der Waals surface area contributed by atoms with Crippen molar-refractivity contribution in [2.24, 2.45) is 0 Å². The summed E-state index contributed by atoms with van der Waals surface area (Å²) in [6, 6.07) is 20.0. The van der Waals surface area contributed by atoms with Gasteiger partial charge in [0.2, 0.25) is 5.91 Å². The van der Waals surface area contributed by atoms with Gasteiger partial charge in [-0.2, -0.15) is 0 Å². The summed E-state index contributed by atoms with van der Waals surface area (Å²) in [7, 11) is -2.54. The lowest BCUT2D eigenvalue weighted by molar-refractivity contribution is -0.119. The molecule has 0 aliphatic carbocycles. The maximum atomic E-state index is 13.7. The van der Waals surface area contributed by atoms with Crippen molar-refractivity contribution in [1.82, 2.24) is 5.32 Å². The number of amides is 1. The van der Waals surface area contributed by atoms with Crippen LogP contribution in [0.5, 0.6) is 5.75 Å². The highest BCUT2D eigenvalue weighted by Crippen LogP contribution is 2.33. The average Bonchev–Trinajstić information content (AvgIpc) is 3.41. The van der Waals surface area contributed by atoms with Crippen LogP contribution in [0, 0.1) is 13.8 Å². The SMILES string of the molecule is COc1ccc(C)cc1N(CC(=O)NCc1ccc(N2CCCC2)cc1)S(=O)(=O)c1ccc(C)cc1. The molecule has 1 aliphatic heterocycles. The van der Waals surface area contributed by atoms with Crippen LogP contribution in [0.3, 0.4) is 0 Å². The largest absolute Gasteiger partial charge is 0.495 e. The fourth-order valence-corrected chi connectivity index (χ4v) is 5.74. The van der Waals surface area contributed by atoms with E-state index in [0.717, 1.165) is 34.1 Å². The van der Waals surface area contributed by atoms with Crippen molar-refractivity contribution < 1.29 is 17.9 Å². The molecule has 3 aromatic rings. The van der Waals surface area contributed by atoms with Crippen molar-refractivity contribution in [2.45, 2.75) is 38.1 Å². The summed E-state index contributed by atoms with van der Waals surface area (Å²) in [5.41, 5.74) is 4.26. The number of nitrogens with zero attached hydrogens (tertiary/aromatic N) is 2. The van der Waals surface area contributed by atoms with Gasteiger partial charge < -0.3 is 15.0 Å². The minimum Gasteiger partial charge on any atom is -0.495 e. The molecule has 0 spiro atoms. The highest BCUT2D eigenvalue weighted by molar-refractivity contribution is 7.92. The maximum Gasteiger partial charge on any atom is 0.264 e. The standard InChI is InChI=1S/C28H33N3O4S/c1-21-6-13-25(14-7-21)36(33,34)31(26-18-22(2)8-15-27(26)35-3)20-28(32)29-19-23-9-11-24(12-10-23)30-16-4-5-17-30/h6-15,18H,4-5,16-17,19-20H2,1-3H3,(H,29,32). The molecule has 1 heterocycles. The first-order valence-electron chi connectivity index (χ1n) is 12.1. The number of sulfonamides is 1. The molecule has 36 heavy (non-hydrogen) atoms. The number of hydrogen-bond donors (Lipinski definition) is 1. The molecule has 4 rings (SSSR count). The van der Waals surface area contributed by atoms with Crippen LogP contribution in [-0.4, -0.2) is 41.1 Å².